The standard InChI is InChI=1S/C11H20O2/c1-3-4-5-6-7-8-9-10-13-11(2)12/h6-7H,3-5,8-10H2,1-2H3/b7-6-. The fourth-order valence-corrected chi connectivity index (χ4v) is 0.975. The highest BCUT2D eigenvalue weighted by Crippen LogP contribution is 1.98. The van der Waals surface area contributed by atoms with Crippen LogP contribution in [0.2, 0.25) is 0 Å². The Morgan fingerprint density at radius 1 is 1.23 bits per heavy atom. The lowest BCUT2D eigenvalue weighted by Gasteiger charge is -1.97. The molecule has 0 atom stereocenters. The van der Waals surface area contributed by atoms with E-state index in [2.05, 4.69) is 19.1 Å². The highest BCUT2D eigenvalue weighted by molar-refractivity contribution is 5.65. The van der Waals surface area contributed by atoms with Gasteiger partial charge < -0.3 is 4.74 Å². The van der Waals surface area contributed by atoms with E-state index < -0.39 is 0 Å². The third-order valence-electron chi connectivity index (χ3n) is 1.71. The van der Waals surface area contributed by atoms with Crippen molar-refractivity contribution < 1.29 is 9.53 Å². The minimum absolute atomic E-state index is 0.185. The number of carbonyl (C=O) groups is 1. The second-order valence-corrected chi connectivity index (χ2v) is 3.10. The molecule has 2 heteroatoms. The van der Waals surface area contributed by atoms with Crippen LogP contribution in [0.25, 0.3) is 0 Å². The molecule has 0 unspecified atom stereocenters. The summed E-state index contributed by atoms with van der Waals surface area (Å²) < 4.78 is 4.80. The van der Waals surface area contributed by atoms with Crippen LogP contribution in [0.1, 0.15) is 46.0 Å². The third kappa shape index (κ3) is 11.2. The van der Waals surface area contributed by atoms with Crippen molar-refractivity contribution >= 4 is 5.97 Å². The minimum Gasteiger partial charge on any atom is -0.466 e. The largest absolute Gasteiger partial charge is 0.466 e. The van der Waals surface area contributed by atoms with Crippen LogP contribution in [0.4, 0.5) is 0 Å². The molecule has 0 rings (SSSR count). The lowest BCUT2D eigenvalue weighted by atomic mass is 10.2. The van der Waals surface area contributed by atoms with Gasteiger partial charge in [-0.25, -0.2) is 0 Å². The van der Waals surface area contributed by atoms with E-state index in [1.54, 1.807) is 0 Å². The van der Waals surface area contributed by atoms with Gasteiger partial charge in [0, 0.05) is 6.92 Å². The van der Waals surface area contributed by atoms with E-state index in [0.717, 1.165) is 12.8 Å². The maximum Gasteiger partial charge on any atom is 0.302 e. The molecule has 0 aromatic carbocycles. The number of hydrogen-bond donors (Lipinski definition) is 0. The van der Waals surface area contributed by atoms with Crippen LogP contribution < -0.4 is 0 Å². The second-order valence-electron chi connectivity index (χ2n) is 3.10. The van der Waals surface area contributed by atoms with Gasteiger partial charge in [0.05, 0.1) is 6.61 Å². The SMILES string of the molecule is CCCC/C=C\CCCOC(C)=O. The molecule has 0 saturated carbocycles. The van der Waals surface area contributed by atoms with E-state index >= 15 is 0 Å². The summed E-state index contributed by atoms with van der Waals surface area (Å²) in [5, 5.41) is 0. The number of carbonyl (C=O) groups excluding carboxylic acids is 1. The molecule has 0 N–H and O–H groups in total. The van der Waals surface area contributed by atoms with Crippen LogP contribution in [0, 0.1) is 0 Å². The van der Waals surface area contributed by atoms with Crippen molar-refractivity contribution in [1.29, 1.82) is 0 Å². The maximum absolute atomic E-state index is 10.4. The second kappa shape index (κ2) is 9.30. The number of esters is 1. The Kier molecular flexibility index (Phi) is 8.73. The molecule has 0 aliphatic heterocycles. The van der Waals surface area contributed by atoms with Crippen molar-refractivity contribution in [2.75, 3.05) is 6.61 Å². The fourth-order valence-electron chi connectivity index (χ4n) is 0.975. The zero-order valence-corrected chi connectivity index (χ0v) is 8.71. The lowest BCUT2D eigenvalue weighted by molar-refractivity contribution is -0.141. The van der Waals surface area contributed by atoms with Gasteiger partial charge in [0.2, 0.25) is 0 Å². The predicted molar refractivity (Wildman–Crippen MR) is 54.5 cm³/mol. The zero-order valence-electron chi connectivity index (χ0n) is 8.71. The monoisotopic (exact) mass is 184 g/mol. The van der Waals surface area contributed by atoms with Crippen molar-refractivity contribution in [3.8, 4) is 0 Å². The lowest BCUT2D eigenvalue weighted by Crippen LogP contribution is -1.99. The molecule has 0 heterocycles. The van der Waals surface area contributed by atoms with Gasteiger partial charge >= 0.3 is 5.97 Å². The highest BCUT2D eigenvalue weighted by Gasteiger charge is 1.89. The molecule has 0 bridgehead atoms. The van der Waals surface area contributed by atoms with Gasteiger partial charge in [-0.1, -0.05) is 31.9 Å². The van der Waals surface area contributed by atoms with Gasteiger partial charge in [-0.2, -0.15) is 0 Å². The Morgan fingerprint density at radius 2 is 1.85 bits per heavy atom. The zero-order chi connectivity index (χ0) is 9.94. The summed E-state index contributed by atoms with van der Waals surface area (Å²) in [5.74, 6) is -0.185. The maximum atomic E-state index is 10.4. The first-order valence-electron chi connectivity index (χ1n) is 5.05. The summed E-state index contributed by atoms with van der Waals surface area (Å²) in [7, 11) is 0. The van der Waals surface area contributed by atoms with Crippen LogP contribution in [-0.4, -0.2) is 12.6 Å². The first kappa shape index (κ1) is 12.2. The molecule has 0 amide bonds. The molecule has 0 aromatic heterocycles. The summed E-state index contributed by atoms with van der Waals surface area (Å²) in [6.07, 6.45) is 10.00. The van der Waals surface area contributed by atoms with E-state index in [0.29, 0.717) is 6.61 Å². The fraction of sp³-hybridized carbons (Fsp3) is 0.727. The highest BCUT2D eigenvalue weighted by atomic mass is 16.5. The van der Waals surface area contributed by atoms with Crippen molar-refractivity contribution in [3.63, 3.8) is 0 Å². The summed E-state index contributed by atoms with van der Waals surface area (Å²) in [5.41, 5.74) is 0. The van der Waals surface area contributed by atoms with Gasteiger partial charge in [-0.15, -0.1) is 0 Å². The van der Waals surface area contributed by atoms with Crippen LogP contribution in [-0.2, 0) is 9.53 Å². The molecule has 76 valence electrons. The molecule has 0 aliphatic carbocycles. The van der Waals surface area contributed by atoms with Crippen LogP contribution in [0.5, 0.6) is 0 Å². The van der Waals surface area contributed by atoms with E-state index in [9.17, 15) is 4.79 Å². The molecular formula is C11H20O2. The van der Waals surface area contributed by atoms with E-state index in [1.807, 2.05) is 0 Å². The molecule has 0 aliphatic rings. The predicted octanol–water partition coefficient (Wildman–Crippen LogP) is 3.08. The minimum atomic E-state index is -0.185. The molecule has 2 nitrogen and oxygen atoms in total. The van der Waals surface area contributed by atoms with Crippen molar-refractivity contribution in [1.82, 2.24) is 0 Å². The Balaban J connectivity index is 3.06. The Morgan fingerprint density at radius 3 is 2.38 bits per heavy atom. The summed E-state index contributed by atoms with van der Waals surface area (Å²) in [4.78, 5) is 10.4. The normalized spacial score (nSPS) is 10.6. The van der Waals surface area contributed by atoms with Gasteiger partial charge in [0.25, 0.3) is 0 Å². The molecule has 0 saturated heterocycles. The molecule has 0 aromatic rings. The number of hydrogen-bond acceptors (Lipinski definition) is 2. The molecule has 0 fully saturated rings. The number of rotatable bonds is 7. The van der Waals surface area contributed by atoms with E-state index in [4.69, 9.17) is 4.74 Å². The quantitative estimate of drug-likeness (QED) is 0.345. The number of unbranched alkanes of at least 4 members (excludes halogenated alkanes) is 3. The summed E-state index contributed by atoms with van der Waals surface area (Å²) >= 11 is 0. The van der Waals surface area contributed by atoms with Crippen LogP contribution >= 0.6 is 0 Å². The Labute approximate surface area is 81.0 Å². The Bertz CT molecular complexity index is 150. The van der Waals surface area contributed by atoms with Gasteiger partial charge in [-0.3, -0.25) is 4.79 Å². The van der Waals surface area contributed by atoms with Crippen molar-refractivity contribution in [2.45, 2.75) is 46.0 Å². The Hall–Kier alpha value is -0.790. The average Bonchev–Trinajstić information content (AvgIpc) is 2.09. The first-order valence-corrected chi connectivity index (χ1v) is 5.05. The first-order chi connectivity index (χ1) is 6.27. The van der Waals surface area contributed by atoms with Gasteiger partial charge in [-0.05, 0) is 19.3 Å². The van der Waals surface area contributed by atoms with Crippen LogP contribution in [0.15, 0.2) is 12.2 Å². The molecule has 13 heavy (non-hydrogen) atoms. The van der Waals surface area contributed by atoms with Crippen LogP contribution in [0.3, 0.4) is 0 Å². The summed E-state index contributed by atoms with van der Waals surface area (Å²) in [6, 6.07) is 0. The number of allylic oxidation sites excluding steroid dienone is 2. The smallest absolute Gasteiger partial charge is 0.302 e. The molecular weight excluding hydrogens is 164 g/mol. The van der Waals surface area contributed by atoms with E-state index in [-0.39, 0.29) is 5.97 Å². The molecule has 0 radical (unpaired) electrons. The average molecular weight is 184 g/mol. The van der Waals surface area contributed by atoms with Gasteiger partial charge in [0.15, 0.2) is 0 Å². The summed E-state index contributed by atoms with van der Waals surface area (Å²) in [6.45, 7) is 4.18. The van der Waals surface area contributed by atoms with E-state index in [1.165, 1.54) is 26.2 Å². The molecule has 0 spiro atoms. The van der Waals surface area contributed by atoms with Crippen molar-refractivity contribution in [2.24, 2.45) is 0 Å². The van der Waals surface area contributed by atoms with Gasteiger partial charge in [0.1, 0.15) is 0 Å². The topological polar surface area (TPSA) is 26.3 Å². The number of ether oxygens (including phenoxy) is 1. The third-order valence-corrected chi connectivity index (χ3v) is 1.71. The van der Waals surface area contributed by atoms with Crippen molar-refractivity contribution in [3.05, 3.63) is 12.2 Å².